The van der Waals surface area contributed by atoms with E-state index in [0.717, 1.165) is 36.9 Å². The first kappa shape index (κ1) is 13.7. The zero-order valence-electron chi connectivity index (χ0n) is 11.7. The minimum absolute atomic E-state index is 0.489. The van der Waals surface area contributed by atoms with Crippen LogP contribution in [0.4, 0.5) is 5.88 Å². The van der Waals surface area contributed by atoms with Gasteiger partial charge < -0.3 is 10.3 Å². The normalized spacial score (nSPS) is 11.1. The summed E-state index contributed by atoms with van der Waals surface area (Å²) in [6.07, 6.45) is 4.00. The molecule has 0 amide bonds. The molecule has 0 atom stereocenters. The van der Waals surface area contributed by atoms with Crippen molar-refractivity contribution < 1.29 is 4.52 Å². The van der Waals surface area contributed by atoms with E-state index in [1.165, 1.54) is 5.56 Å². The van der Waals surface area contributed by atoms with Crippen molar-refractivity contribution >= 4 is 5.88 Å². The lowest BCUT2D eigenvalue weighted by molar-refractivity contribution is 0.426. The van der Waals surface area contributed by atoms with Crippen LogP contribution < -0.4 is 5.73 Å². The molecule has 0 radical (unpaired) electrons. The third kappa shape index (κ3) is 3.85. The van der Waals surface area contributed by atoms with Crippen molar-refractivity contribution in [1.29, 1.82) is 0 Å². The minimum Gasteiger partial charge on any atom is -0.367 e. The molecule has 0 saturated heterocycles. The maximum absolute atomic E-state index is 5.84. The maximum atomic E-state index is 5.84. The standard InChI is InChI=1S/C16H22N2O/c1-12(2)11-14-15(18-19-16(14)17)10-6-9-13-7-4-3-5-8-13/h3-5,7-8,12H,6,9-11,17H2,1-2H3. The second-order valence-corrected chi connectivity index (χ2v) is 5.41. The van der Waals surface area contributed by atoms with Gasteiger partial charge in [-0.3, -0.25) is 0 Å². The molecule has 3 heteroatoms. The smallest absolute Gasteiger partial charge is 0.225 e. The molecule has 2 N–H and O–H groups in total. The summed E-state index contributed by atoms with van der Waals surface area (Å²) in [6.45, 7) is 4.36. The summed E-state index contributed by atoms with van der Waals surface area (Å²) in [6, 6.07) is 10.5. The van der Waals surface area contributed by atoms with Crippen LogP contribution in [-0.2, 0) is 19.3 Å². The van der Waals surface area contributed by atoms with Crippen LogP contribution in [-0.4, -0.2) is 5.16 Å². The predicted octanol–water partition coefficient (Wildman–Crippen LogP) is 3.63. The lowest BCUT2D eigenvalue weighted by Gasteiger charge is -2.05. The number of benzene rings is 1. The van der Waals surface area contributed by atoms with E-state index in [1.54, 1.807) is 0 Å². The van der Waals surface area contributed by atoms with E-state index in [9.17, 15) is 0 Å². The Morgan fingerprint density at radius 1 is 1.16 bits per heavy atom. The third-order valence-electron chi connectivity index (χ3n) is 3.23. The van der Waals surface area contributed by atoms with Crippen LogP contribution >= 0.6 is 0 Å². The van der Waals surface area contributed by atoms with Crippen LogP contribution in [0.2, 0.25) is 0 Å². The molecule has 0 bridgehead atoms. The first-order valence-electron chi connectivity index (χ1n) is 6.93. The zero-order valence-corrected chi connectivity index (χ0v) is 11.7. The molecule has 0 aliphatic rings. The number of hydrogen-bond acceptors (Lipinski definition) is 3. The van der Waals surface area contributed by atoms with Gasteiger partial charge in [0.05, 0.1) is 5.69 Å². The molecular formula is C16H22N2O. The zero-order chi connectivity index (χ0) is 13.7. The third-order valence-corrected chi connectivity index (χ3v) is 3.23. The van der Waals surface area contributed by atoms with Crippen LogP contribution in [0.15, 0.2) is 34.9 Å². The molecule has 1 aromatic carbocycles. The van der Waals surface area contributed by atoms with Gasteiger partial charge in [0.2, 0.25) is 5.88 Å². The fourth-order valence-corrected chi connectivity index (χ4v) is 2.28. The van der Waals surface area contributed by atoms with Crippen molar-refractivity contribution in [3.05, 3.63) is 47.2 Å². The molecular weight excluding hydrogens is 236 g/mol. The van der Waals surface area contributed by atoms with E-state index in [4.69, 9.17) is 10.3 Å². The highest BCUT2D eigenvalue weighted by atomic mass is 16.5. The molecule has 0 spiro atoms. The lowest BCUT2D eigenvalue weighted by atomic mass is 9.99. The summed E-state index contributed by atoms with van der Waals surface area (Å²) in [5.74, 6) is 1.05. The molecule has 0 unspecified atom stereocenters. The molecule has 0 fully saturated rings. The molecule has 0 aliphatic heterocycles. The molecule has 19 heavy (non-hydrogen) atoms. The second kappa shape index (κ2) is 6.41. The predicted molar refractivity (Wildman–Crippen MR) is 77.9 cm³/mol. The van der Waals surface area contributed by atoms with Gasteiger partial charge in [0.1, 0.15) is 0 Å². The van der Waals surface area contributed by atoms with Gasteiger partial charge in [-0.1, -0.05) is 49.3 Å². The quantitative estimate of drug-likeness (QED) is 0.860. The summed E-state index contributed by atoms with van der Waals surface area (Å²) in [4.78, 5) is 0. The van der Waals surface area contributed by atoms with Crippen LogP contribution in [0.5, 0.6) is 0 Å². The molecule has 2 aromatic rings. The van der Waals surface area contributed by atoms with Crippen molar-refractivity contribution in [3.63, 3.8) is 0 Å². The average molecular weight is 258 g/mol. The van der Waals surface area contributed by atoms with Gasteiger partial charge in [0.25, 0.3) is 0 Å². The Morgan fingerprint density at radius 3 is 2.58 bits per heavy atom. The van der Waals surface area contributed by atoms with Crippen molar-refractivity contribution in [3.8, 4) is 0 Å². The molecule has 1 aromatic heterocycles. The summed E-state index contributed by atoms with van der Waals surface area (Å²) < 4.78 is 5.13. The molecule has 102 valence electrons. The van der Waals surface area contributed by atoms with E-state index in [-0.39, 0.29) is 0 Å². The highest BCUT2D eigenvalue weighted by Crippen LogP contribution is 2.22. The number of nitrogens with two attached hydrogens (primary N) is 1. The van der Waals surface area contributed by atoms with E-state index in [2.05, 4.69) is 43.3 Å². The monoisotopic (exact) mass is 258 g/mol. The number of anilines is 1. The Morgan fingerprint density at radius 2 is 1.89 bits per heavy atom. The van der Waals surface area contributed by atoms with Gasteiger partial charge in [-0.25, -0.2) is 0 Å². The SMILES string of the molecule is CC(C)Cc1c(CCCc2ccccc2)noc1N. The maximum Gasteiger partial charge on any atom is 0.225 e. The van der Waals surface area contributed by atoms with Gasteiger partial charge in [0.15, 0.2) is 0 Å². The average Bonchev–Trinajstić information content (AvgIpc) is 2.72. The Labute approximate surface area is 114 Å². The Kier molecular flexibility index (Phi) is 4.61. The first-order chi connectivity index (χ1) is 9.16. The van der Waals surface area contributed by atoms with Crippen LogP contribution in [0, 0.1) is 5.92 Å². The topological polar surface area (TPSA) is 52.0 Å². The summed E-state index contributed by atoms with van der Waals surface area (Å²) >= 11 is 0. The van der Waals surface area contributed by atoms with Gasteiger partial charge in [-0.15, -0.1) is 0 Å². The van der Waals surface area contributed by atoms with E-state index in [1.807, 2.05) is 6.07 Å². The van der Waals surface area contributed by atoms with Crippen LogP contribution in [0.1, 0.15) is 37.1 Å². The molecule has 0 saturated carbocycles. The van der Waals surface area contributed by atoms with Gasteiger partial charge in [0, 0.05) is 5.56 Å². The fourth-order valence-electron chi connectivity index (χ4n) is 2.28. The minimum atomic E-state index is 0.489. The van der Waals surface area contributed by atoms with Crippen molar-refractivity contribution in [2.75, 3.05) is 5.73 Å². The Hall–Kier alpha value is -1.77. The van der Waals surface area contributed by atoms with Gasteiger partial charge in [-0.05, 0) is 37.2 Å². The summed E-state index contributed by atoms with van der Waals surface area (Å²) in [7, 11) is 0. The Bertz CT molecular complexity index is 503. The lowest BCUT2D eigenvalue weighted by Crippen LogP contribution is -2.01. The van der Waals surface area contributed by atoms with Crippen molar-refractivity contribution in [2.24, 2.45) is 5.92 Å². The Balaban J connectivity index is 1.92. The number of aromatic nitrogens is 1. The highest BCUT2D eigenvalue weighted by molar-refractivity contribution is 5.39. The molecule has 0 aliphatic carbocycles. The number of aryl methyl sites for hydroxylation is 2. The van der Waals surface area contributed by atoms with Crippen molar-refractivity contribution in [2.45, 2.75) is 39.5 Å². The van der Waals surface area contributed by atoms with E-state index >= 15 is 0 Å². The molecule has 2 rings (SSSR count). The van der Waals surface area contributed by atoms with Gasteiger partial charge >= 0.3 is 0 Å². The van der Waals surface area contributed by atoms with Crippen LogP contribution in [0.3, 0.4) is 0 Å². The van der Waals surface area contributed by atoms with Gasteiger partial charge in [-0.2, -0.15) is 0 Å². The number of nitrogen functional groups attached to an aromatic ring is 1. The molecule has 1 heterocycles. The van der Waals surface area contributed by atoms with E-state index < -0.39 is 0 Å². The largest absolute Gasteiger partial charge is 0.367 e. The number of rotatable bonds is 6. The van der Waals surface area contributed by atoms with Crippen LogP contribution in [0.25, 0.3) is 0 Å². The number of nitrogens with zero attached hydrogens (tertiary/aromatic N) is 1. The second-order valence-electron chi connectivity index (χ2n) is 5.41. The summed E-state index contributed by atoms with van der Waals surface area (Å²) in [5.41, 5.74) is 9.34. The van der Waals surface area contributed by atoms with Crippen molar-refractivity contribution in [1.82, 2.24) is 5.16 Å². The first-order valence-corrected chi connectivity index (χ1v) is 6.93. The van der Waals surface area contributed by atoms with E-state index in [0.29, 0.717) is 11.8 Å². The fraction of sp³-hybridized carbons (Fsp3) is 0.438. The molecule has 3 nitrogen and oxygen atoms in total. The highest BCUT2D eigenvalue weighted by Gasteiger charge is 2.14. The number of hydrogen-bond donors (Lipinski definition) is 1. The summed E-state index contributed by atoms with van der Waals surface area (Å²) in [5, 5.41) is 4.10.